The number of hydrogen-bond acceptors (Lipinski definition) is 3. The topological polar surface area (TPSA) is 78.9 Å². The fourth-order valence-corrected chi connectivity index (χ4v) is 1.65. The first-order valence-electron chi connectivity index (χ1n) is 6.00. The van der Waals surface area contributed by atoms with E-state index in [1.54, 1.807) is 4.90 Å². The zero-order valence-electron chi connectivity index (χ0n) is 11.3. The normalized spacial score (nSPS) is 9.84. The maximum Gasteiger partial charge on any atom is 0.337 e. The van der Waals surface area contributed by atoms with E-state index < -0.39 is 5.97 Å². The van der Waals surface area contributed by atoms with E-state index in [1.165, 1.54) is 25.3 Å². The molecule has 0 aliphatic heterocycles. The molecule has 0 atom stereocenters. The van der Waals surface area contributed by atoms with Crippen LogP contribution in [0.15, 0.2) is 18.2 Å². The van der Waals surface area contributed by atoms with Crippen molar-refractivity contribution in [1.82, 2.24) is 4.90 Å². The van der Waals surface area contributed by atoms with E-state index >= 15 is 0 Å². The van der Waals surface area contributed by atoms with Gasteiger partial charge in [-0.05, 0) is 26.0 Å². The van der Waals surface area contributed by atoms with E-state index in [0.717, 1.165) is 0 Å². The van der Waals surface area contributed by atoms with Gasteiger partial charge < -0.3 is 20.1 Å². The number of nitrogens with zero attached hydrogens (tertiary/aromatic N) is 1. The van der Waals surface area contributed by atoms with Crippen LogP contribution >= 0.6 is 0 Å². The highest BCUT2D eigenvalue weighted by atomic mass is 16.5. The van der Waals surface area contributed by atoms with Crippen LogP contribution in [0.2, 0.25) is 0 Å². The second-order valence-electron chi connectivity index (χ2n) is 3.82. The number of urea groups is 1. The monoisotopic (exact) mass is 266 g/mol. The average molecular weight is 266 g/mol. The molecule has 1 aromatic carbocycles. The van der Waals surface area contributed by atoms with Crippen LogP contribution in [-0.2, 0) is 0 Å². The number of carbonyl (C=O) groups is 2. The number of carboxylic acid groups (broad SMARTS) is 1. The second kappa shape index (κ2) is 6.63. The lowest BCUT2D eigenvalue weighted by molar-refractivity contribution is 0.0698. The molecule has 0 spiro atoms. The van der Waals surface area contributed by atoms with Gasteiger partial charge in [-0.1, -0.05) is 0 Å². The summed E-state index contributed by atoms with van der Waals surface area (Å²) in [5.41, 5.74) is 0.255. The summed E-state index contributed by atoms with van der Waals surface area (Å²) in [6.45, 7) is 4.81. The van der Waals surface area contributed by atoms with Crippen molar-refractivity contribution in [2.75, 3.05) is 25.5 Å². The molecule has 19 heavy (non-hydrogen) atoms. The van der Waals surface area contributed by atoms with Crippen LogP contribution in [0.3, 0.4) is 0 Å². The molecule has 6 heteroatoms. The number of aromatic carboxylic acids is 1. The number of carboxylic acids is 1. The van der Waals surface area contributed by atoms with Gasteiger partial charge in [-0.3, -0.25) is 0 Å². The minimum Gasteiger partial charge on any atom is -0.497 e. The van der Waals surface area contributed by atoms with E-state index in [1.807, 2.05) is 13.8 Å². The van der Waals surface area contributed by atoms with Gasteiger partial charge >= 0.3 is 12.0 Å². The first-order valence-corrected chi connectivity index (χ1v) is 6.00. The van der Waals surface area contributed by atoms with Gasteiger partial charge in [0.1, 0.15) is 5.75 Å². The first-order chi connectivity index (χ1) is 9.03. The van der Waals surface area contributed by atoms with Crippen LogP contribution in [-0.4, -0.2) is 42.2 Å². The average Bonchev–Trinajstić information content (AvgIpc) is 2.39. The zero-order valence-corrected chi connectivity index (χ0v) is 11.3. The second-order valence-corrected chi connectivity index (χ2v) is 3.82. The van der Waals surface area contributed by atoms with Crippen molar-refractivity contribution in [2.45, 2.75) is 13.8 Å². The molecule has 0 unspecified atom stereocenters. The number of rotatable bonds is 5. The summed E-state index contributed by atoms with van der Waals surface area (Å²) >= 11 is 0. The highest BCUT2D eigenvalue weighted by molar-refractivity contribution is 6.00. The van der Waals surface area contributed by atoms with Crippen LogP contribution < -0.4 is 10.1 Å². The lowest BCUT2D eigenvalue weighted by Crippen LogP contribution is -2.34. The Labute approximate surface area is 112 Å². The molecule has 0 aromatic heterocycles. The van der Waals surface area contributed by atoms with E-state index in [-0.39, 0.29) is 17.3 Å². The molecule has 1 aromatic rings. The lowest BCUT2D eigenvalue weighted by Gasteiger charge is -2.20. The zero-order chi connectivity index (χ0) is 14.4. The van der Waals surface area contributed by atoms with Gasteiger partial charge in [0.05, 0.1) is 18.4 Å². The van der Waals surface area contributed by atoms with Crippen LogP contribution in [0.5, 0.6) is 5.75 Å². The van der Waals surface area contributed by atoms with E-state index in [0.29, 0.717) is 18.8 Å². The van der Waals surface area contributed by atoms with Crippen LogP contribution in [0, 0.1) is 0 Å². The number of ether oxygens (including phenoxy) is 1. The Morgan fingerprint density at radius 1 is 1.32 bits per heavy atom. The molecule has 0 bridgehead atoms. The highest BCUT2D eigenvalue weighted by Crippen LogP contribution is 2.23. The maximum absolute atomic E-state index is 11.9. The fraction of sp³-hybridized carbons (Fsp3) is 0.385. The summed E-state index contributed by atoms with van der Waals surface area (Å²) in [5, 5.41) is 11.7. The molecular weight excluding hydrogens is 248 g/mol. The Morgan fingerprint density at radius 2 is 1.95 bits per heavy atom. The summed E-state index contributed by atoms with van der Waals surface area (Å²) < 4.78 is 5.03. The molecule has 0 aliphatic rings. The minimum atomic E-state index is -1.10. The quantitative estimate of drug-likeness (QED) is 0.856. The predicted octanol–water partition coefficient (Wildman–Crippen LogP) is 2.27. The van der Waals surface area contributed by atoms with Gasteiger partial charge in [0, 0.05) is 19.2 Å². The SMILES string of the molecule is CCN(CC)C(=O)Nc1cc(OC)ccc1C(=O)O. The molecule has 0 aliphatic carbocycles. The minimum absolute atomic E-state index is 0.0290. The summed E-state index contributed by atoms with van der Waals surface area (Å²) in [5.74, 6) is -0.614. The Kier molecular flexibility index (Phi) is 5.17. The van der Waals surface area contributed by atoms with Crippen molar-refractivity contribution in [1.29, 1.82) is 0 Å². The number of methoxy groups -OCH3 is 1. The van der Waals surface area contributed by atoms with Crippen molar-refractivity contribution in [3.63, 3.8) is 0 Å². The molecule has 0 radical (unpaired) electrons. The number of hydrogen-bond donors (Lipinski definition) is 2. The molecule has 0 heterocycles. The maximum atomic E-state index is 11.9. The summed E-state index contributed by atoms with van der Waals surface area (Å²) in [4.78, 5) is 24.6. The molecule has 2 amide bonds. The first kappa shape index (κ1) is 14.8. The van der Waals surface area contributed by atoms with Crippen molar-refractivity contribution in [3.8, 4) is 5.75 Å². The van der Waals surface area contributed by atoms with Crippen LogP contribution in [0.4, 0.5) is 10.5 Å². The Balaban J connectivity index is 3.03. The van der Waals surface area contributed by atoms with Crippen molar-refractivity contribution in [3.05, 3.63) is 23.8 Å². The number of benzene rings is 1. The van der Waals surface area contributed by atoms with Gasteiger partial charge in [-0.15, -0.1) is 0 Å². The molecule has 1 rings (SSSR count). The van der Waals surface area contributed by atoms with Gasteiger partial charge in [0.15, 0.2) is 0 Å². The third kappa shape index (κ3) is 3.61. The lowest BCUT2D eigenvalue weighted by atomic mass is 10.1. The fourth-order valence-electron chi connectivity index (χ4n) is 1.65. The van der Waals surface area contributed by atoms with Crippen molar-refractivity contribution in [2.24, 2.45) is 0 Å². The van der Waals surface area contributed by atoms with Gasteiger partial charge in [0.2, 0.25) is 0 Å². The Bertz CT molecular complexity index is 470. The molecule has 0 saturated carbocycles. The number of anilines is 1. The molecule has 104 valence electrons. The number of nitrogens with one attached hydrogen (secondary N) is 1. The third-order valence-corrected chi connectivity index (χ3v) is 2.75. The summed E-state index contributed by atoms with van der Waals surface area (Å²) in [6.07, 6.45) is 0. The molecule has 2 N–H and O–H groups in total. The number of amides is 2. The van der Waals surface area contributed by atoms with Crippen LogP contribution in [0.25, 0.3) is 0 Å². The summed E-state index contributed by atoms with van der Waals surface area (Å²) in [6, 6.07) is 4.10. The van der Waals surface area contributed by atoms with Crippen molar-refractivity contribution >= 4 is 17.7 Å². The summed E-state index contributed by atoms with van der Waals surface area (Å²) in [7, 11) is 1.48. The van der Waals surface area contributed by atoms with E-state index in [2.05, 4.69) is 5.32 Å². The van der Waals surface area contributed by atoms with Gasteiger partial charge in [0.25, 0.3) is 0 Å². The Morgan fingerprint density at radius 3 is 2.42 bits per heavy atom. The highest BCUT2D eigenvalue weighted by Gasteiger charge is 2.16. The smallest absolute Gasteiger partial charge is 0.337 e. The molecule has 0 saturated heterocycles. The Hall–Kier alpha value is -2.24. The largest absolute Gasteiger partial charge is 0.497 e. The number of carbonyl (C=O) groups excluding carboxylic acids is 1. The van der Waals surface area contributed by atoms with E-state index in [9.17, 15) is 9.59 Å². The molecule has 6 nitrogen and oxygen atoms in total. The van der Waals surface area contributed by atoms with Crippen molar-refractivity contribution < 1.29 is 19.4 Å². The van der Waals surface area contributed by atoms with E-state index in [4.69, 9.17) is 9.84 Å². The molecular formula is C13H18N2O4. The van der Waals surface area contributed by atoms with Gasteiger partial charge in [-0.25, -0.2) is 9.59 Å². The standard InChI is InChI=1S/C13H18N2O4/c1-4-15(5-2)13(18)14-11-8-9(19-3)6-7-10(11)12(16)17/h6-8H,4-5H2,1-3H3,(H,14,18)(H,16,17). The predicted molar refractivity (Wildman–Crippen MR) is 71.9 cm³/mol. The third-order valence-electron chi connectivity index (χ3n) is 2.75. The molecule has 0 fully saturated rings. The van der Waals surface area contributed by atoms with Crippen LogP contribution in [0.1, 0.15) is 24.2 Å². The van der Waals surface area contributed by atoms with Gasteiger partial charge in [-0.2, -0.15) is 0 Å².